The van der Waals surface area contributed by atoms with E-state index < -0.39 is 0 Å². The zero-order valence-corrected chi connectivity index (χ0v) is 17.2. The van der Waals surface area contributed by atoms with Crippen LogP contribution in [0.4, 0.5) is 0 Å². The molecular formula is C21H35N3O4. The van der Waals surface area contributed by atoms with Crippen LogP contribution in [0.25, 0.3) is 0 Å². The smallest absolute Gasteiger partial charge is 0.286 e. The van der Waals surface area contributed by atoms with Gasteiger partial charge < -0.3 is 19.4 Å². The summed E-state index contributed by atoms with van der Waals surface area (Å²) in [7, 11) is 0. The first-order chi connectivity index (χ1) is 13.7. The van der Waals surface area contributed by atoms with Crippen molar-refractivity contribution in [3.63, 3.8) is 0 Å². The fraction of sp³-hybridized carbons (Fsp3) is 0.714. The molecule has 2 heterocycles. The Hall–Kier alpha value is -1.86. The maximum atomic E-state index is 12.7. The normalized spacial score (nSPS) is 14.8. The summed E-state index contributed by atoms with van der Waals surface area (Å²) in [5.74, 6) is 0.243. The Bertz CT molecular complexity index is 556. The fourth-order valence-corrected chi connectivity index (χ4v) is 3.27. The van der Waals surface area contributed by atoms with Crippen molar-refractivity contribution in [1.82, 2.24) is 15.1 Å². The summed E-state index contributed by atoms with van der Waals surface area (Å²) in [5, 5.41) is 2.80. The summed E-state index contributed by atoms with van der Waals surface area (Å²) in [5.41, 5.74) is 0. The van der Waals surface area contributed by atoms with Crippen LogP contribution in [-0.2, 0) is 9.53 Å². The van der Waals surface area contributed by atoms with Crippen LogP contribution < -0.4 is 5.32 Å². The molecule has 2 amide bonds. The molecule has 1 aromatic heterocycles. The second-order valence-corrected chi connectivity index (χ2v) is 7.23. The van der Waals surface area contributed by atoms with E-state index in [1.54, 1.807) is 12.1 Å². The Morgan fingerprint density at radius 1 is 1.14 bits per heavy atom. The molecule has 158 valence electrons. The van der Waals surface area contributed by atoms with E-state index in [1.165, 1.54) is 19.1 Å². The highest BCUT2D eigenvalue weighted by Gasteiger charge is 2.16. The molecule has 0 unspecified atom stereocenters. The van der Waals surface area contributed by atoms with Gasteiger partial charge in [-0.25, -0.2) is 0 Å². The standard InChI is InChI=1S/C21H35N3O4/c1-2-3-4-5-11-24(13-12-23-14-17-27-18-15-23)20(25)9-6-10-22-21(26)19-8-7-16-28-19/h7-8,16H,2-6,9-15,17-18H2,1H3,(H,22,26). The van der Waals surface area contributed by atoms with Gasteiger partial charge in [-0.1, -0.05) is 26.2 Å². The number of ether oxygens (including phenoxy) is 1. The van der Waals surface area contributed by atoms with Gasteiger partial charge in [0.1, 0.15) is 0 Å². The van der Waals surface area contributed by atoms with Crippen molar-refractivity contribution in [1.29, 1.82) is 0 Å². The van der Waals surface area contributed by atoms with E-state index in [9.17, 15) is 9.59 Å². The topological polar surface area (TPSA) is 75.0 Å². The number of rotatable bonds is 13. The molecule has 1 aliphatic rings. The molecule has 1 aliphatic heterocycles. The summed E-state index contributed by atoms with van der Waals surface area (Å²) in [4.78, 5) is 28.9. The predicted octanol–water partition coefficient (Wildman–Crippen LogP) is 2.53. The number of hydrogen-bond donors (Lipinski definition) is 1. The zero-order chi connectivity index (χ0) is 20.0. The minimum Gasteiger partial charge on any atom is -0.459 e. The average Bonchev–Trinajstić information content (AvgIpc) is 3.26. The minimum absolute atomic E-state index is 0.178. The van der Waals surface area contributed by atoms with Crippen molar-refractivity contribution < 1.29 is 18.7 Å². The van der Waals surface area contributed by atoms with E-state index >= 15 is 0 Å². The van der Waals surface area contributed by atoms with Gasteiger partial charge in [-0.15, -0.1) is 0 Å². The highest BCUT2D eigenvalue weighted by Crippen LogP contribution is 2.06. The van der Waals surface area contributed by atoms with Crippen LogP contribution in [0.3, 0.4) is 0 Å². The number of nitrogens with one attached hydrogen (secondary N) is 1. The molecular weight excluding hydrogens is 358 g/mol. The Kier molecular flexibility index (Phi) is 10.7. The van der Waals surface area contributed by atoms with E-state index in [2.05, 4.69) is 17.1 Å². The lowest BCUT2D eigenvalue weighted by Gasteiger charge is -2.30. The molecule has 0 aromatic carbocycles. The number of amides is 2. The number of carbonyl (C=O) groups excluding carboxylic acids is 2. The van der Waals surface area contributed by atoms with Gasteiger partial charge in [-0.3, -0.25) is 14.5 Å². The molecule has 0 aliphatic carbocycles. The van der Waals surface area contributed by atoms with Crippen LogP contribution in [0.1, 0.15) is 56.0 Å². The summed E-state index contributed by atoms with van der Waals surface area (Å²) < 4.78 is 10.5. The van der Waals surface area contributed by atoms with Crippen molar-refractivity contribution in [2.75, 3.05) is 52.5 Å². The van der Waals surface area contributed by atoms with Gasteiger partial charge in [-0.05, 0) is 25.0 Å². The third-order valence-corrected chi connectivity index (χ3v) is 5.02. The maximum absolute atomic E-state index is 12.7. The monoisotopic (exact) mass is 393 g/mol. The molecule has 0 saturated carbocycles. The minimum atomic E-state index is -0.235. The van der Waals surface area contributed by atoms with Crippen molar-refractivity contribution in [2.24, 2.45) is 0 Å². The highest BCUT2D eigenvalue weighted by molar-refractivity contribution is 5.91. The first-order valence-electron chi connectivity index (χ1n) is 10.6. The molecule has 0 atom stereocenters. The van der Waals surface area contributed by atoms with Gasteiger partial charge in [0.2, 0.25) is 5.91 Å². The third-order valence-electron chi connectivity index (χ3n) is 5.02. The first-order valence-corrected chi connectivity index (χ1v) is 10.6. The quantitative estimate of drug-likeness (QED) is 0.521. The van der Waals surface area contributed by atoms with Crippen LogP contribution >= 0.6 is 0 Å². The van der Waals surface area contributed by atoms with E-state index in [-0.39, 0.29) is 11.8 Å². The second kappa shape index (κ2) is 13.3. The molecule has 0 radical (unpaired) electrons. The van der Waals surface area contributed by atoms with Crippen LogP contribution in [0, 0.1) is 0 Å². The van der Waals surface area contributed by atoms with Crippen LogP contribution in [0.2, 0.25) is 0 Å². The number of nitrogens with zero attached hydrogens (tertiary/aromatic N) is 2. The van der Waals surface area contributed by atoms with Gasteiger partial charge in [0.25, 0.3) is 5.91 Å². The molecule has 28 heavy (non-hydrogen) atoms. The van der Waals surface area contributed by atoms with Crippen LogP contribution in [-0.4, -0.2) is 74.1 Å². The summed E-state index contributed by atoms with van der Waals surface area (Å²) in [6.07, 6.45) is 7.18. The summed E-state index contributed by atoms with van der Waals surface area (Å²) in [6, 6.07) is 3.31. The molecule has 7 heteroatoms. The van der Waals surface area contributed by atoms with Gasteiger partial charge >= 0.3 is 0 Å². The Morgan fingerprint density at radius 3 is 2.68 bits per heavy atom. The lowest BCUT2D eigenvalue weighted by Crippen LogP contribution is -2.43. The Balaban J connectivity index is 1.70. The second-order valence-electron chi connectivity index (χ2n) is 7.23. The third kappa shape index (κ3) is 8.44. The SMILES string of the molecule is CCCCCCN(CCN1CCOCC1)C(=O)CCCNC(=O)c1ccco1. The number of hydrogen-bond acceptors (Lipinski definition) is 5. The van der Waals surface area contributed by atoms with Gasteiger partial charge in [-0.2, -0.15) is 0 Å². The highest BCUT2D eigenvalue weighted by atomic mass is 16.5. The average molecular weight is 394 g/mol. The zero-order valence-electron chi connectivity index (χ0n) is 17.2. The number of carbonyl (C=O) groups is 2. The predicted molar refractivity (Wildman–Crippen MR) is 108 cm³/mol. The van der Waals surface area contributed by atoms with Crippen LogP contribution in [0.15, 0.2) is 22.8 Å². The molecule has 1 fully saturated rings. The first kappa shape index (κ1) is 22.4. The molecule has 1 aromatic rings. The molecule has 0 spiro atoms. The Morgan fingerprint density at radius 2 is 1.96 bits per heavy atom. The Labute approximate surface area is 168 Å². The van der Waals surface area contributed by atoms with Gasteiger partial charge in [0, 0.05) is 45.7 Å². The van der Waals surface area contributed by atoms with E-state index in [4.69, 9.17) is 9.15 Å². The molecule has 2 rings (SSSR count). The van der Waals surface area contributed by atoms with Crippen molar-refractivity contribution in [3.05, 3.63) is 24.2 Å². The van der Waals surface area contributed by atoms with E-state index in [0.717, 1.165) is 58.8 Å². The summed E-state index contributed by atoms with van der Waals surface area (Å²) in [6.45, 7) is 8.59. The largest absolute Gasteiger partial charge is 0.459 e. The molecule has 7 nitrogen and oxygen atoms in total. The maximum Gasteiger partial charge on any atom is 0.286 e. The number of morpholine rings is 1. The lowest BCUT2D eigenvalue weighted by atomic mass is 10.2. The fourth-order valence-electron chi connectivity index (χ4n) is 3.27. The number of unbranched alkanes of at least 4 members (excludes halogenated alkanes) is 3. The molecule has 0 bridgehead atoms. The van der Waals surface area contributed by atoms with E-state index in [1.807, 2.05) is 4.90 Å². The van der Waals surface area contributed by atoms with E-state index in [0.29, 0.717) is 25.1 Å². The summed E-state index contributed by atoms with van der Waals surface area (Å²) >= 11 is 0. The number of furan rings is 1. The van der Waals surface area contributed by atoms with Gasteiger partial charge in [0.15, 0.2) is 5.76 Å². The molecule has 1 N–H and O–H groups in total. The van der Waals surface area contributed by atoms with Gasteiger partial charge in [0.05, 0.1) is 19.5 Å². The van der Waals surface area contributed by atoms with Crippen molar-refractivity contribution in [2.45, 2.75) is 45.4 Å². The van der Waals surface area contributed by atoms with Crippen molar-refractivity contribution in [3.8, 4) is 0 Å². The van der Waals surface area contributed by atoms with Crippen LogP contribution in [0.5, 0.6) is 0 Å². The van der Waals surface area contributed by atoms with Crippen molar-refractivity contribution >= 4 is 11.8 Å². The lowest BCUT2D eigenvalue weighted by molar-refractivity contribution is -0.131. The molecule has 1 saturated heterocycles.